The third kappa shape index (κ3) is 5.59. The number of hydrogen-bond donors (Lipinski definition) is 1. The summed E-state index contributed by atoms with van der Waals surface area (Å²) in [5, 5.41) is 3.55. The summed E-state index contributed by atoms with van der Waals surface area (Å²) >= 11 is 0. The van der Waals surface area contributed by atoms with Crippen molar-refractivity contribution in [2.24, 2.45) is 5.92 Å². The smallest absolute Gasteiger partial charge is 0.127 e. The van der Waals surface area contributed by atoms with Gasteiger partial charge in [-0.1, -0.05) is 32.0 Å². The van der Waals surface area contributed by atoms with Crippen LogP contribution in [0.5, 0.6) is 0 Å². The fourth-order valence-corrected chi connectivity index (χ4v) is 2.32. The van der Waals surface area contributed by atoms with Gasteiger partial charge in [0.25, 0.3) is 0 Å². The highest BCUT2D eigenvalue weighted by molar-refractivity contribution is 5.17. The Labute approximate surface area is 123 Å². The molecule has 114 valence electrons. The van der Waals surface area contributed by atoms with Gasteiger partial charge in [0.05, 0.1) is 0 Å². The van der Waals surface area contributed by atoms with Crippen molar-refractivity contribution in [2.75, 3.05) is 13.6 Å². The zero-order chi connectivity index (χ0) is 15.3. The molecule has 0 spiro atoms. The van der Waals surface area contributed by atoms with Crippen LogP contribution in [-0.2, 0) is 6.54 Å². The van der Waals surface area contributed by atoms with Crippen LogP contribution in [0, 0.1) is 11.7 Å². The second-order valence-corrected chi connectivity index (χ2v) is 6.95. The van der Waals surface area contributed by atoms with Gasteiger partial charge in [0.2, 0.25) is 0 Å². The molecule has 3 heteroatoms. The first-order chi connectivity index (χ1) is 9.20. The summed E-state index contributed by atoms with van der Waals surface area (Å²) in [5.41, 5.74) is 0.864. The quantitative estimate of drug-likeness (QED) is 0.855. The molecule has 2 nitrogen and oxygen atoms in total. The SMILES string of the molecule is CC(C)C(CNC(C)(C)C)N(C)Cc1ccccc1F. The number of nitrogens with zero attached hydrogens (tertiary/aromatic N) is 1. The van der Waals surface area contributed by atoms with Crippen LogP contribution in [-0.4, -0.2) is 30.1 Å². The Hall–Kier alpha value is -0.930. The molecule has 0 saturated heterocycles. The van der Waals surface area contributed by atoms with Gasteiger partial charge in [-0.15, -0.1) is 0 Å². The van der Waals surface area contributed by atoms with E-state index in [0.29, 0.717) is 18.5 Å². The number of rotatable bonds is 6. The van der Waals surface area contributed by atoms with E-state index >= 15 is 0 Å². The predicted octanol–water partition coefficient (Wildman–Crippen LogP) is 3.67. The maximum absolute atomic E-state index is 13.7. The highest BCUT2D eigenvalue weighted by Gasteiger charge is 2.21. The first kappa shape index (κ1) is 17.1. The molecule has 1 N–H and O–H groups in total. The van der Waals surface area contributed by atoms with Crippen molar-refractivity contribution in [1.82, 2.24) is 10.2 Å². The molecule has 0 aliphatic carbocycles. The van der Waals surface area contributed by atoms with Gasteiger partial charge in [0, 0.05) is 30.2 Å². The maximum Gasteiger partial charge on any atom is 0.127 e. The second-order valence-electron chi connectivity index (χ2n) is 6.95. The van der Waals surface area contributed by atoms with Gasteiger partial charge < -0.3 is 5.32 Å². The minimum Gasteiger partial charge on any atom is -0.311 e. The fourth-order valence-electron chi connectivity index (χ4n) is 2.32. The Kier molecular flexibility index (Phi) is 6.15. The largest absolute Gasteiger partial charge is 0.311 e. The molecule has 0 aliphatic rings. The molecule has 0 fully saturated rings. The van der Waals surface area contributed by atoms with E-state index in [1.165, 1.54) is 6.07 Å². The molecule has 1 aromatic rings. The maximum atomic E-state index is 13.7. The summed E-state index contributed by atoms with van der Waals surface area (Å²) in [6, 6.07) is 7.40. The lowest BCUT2D eigenvalue weighted by molar-refractivity contribution is 0.168. The molecule has 20 heavy (non-hydrogen) atoms. The Bertz CT molecular complexity index is 410. The third-order valence-electron chi connectivity index (χ3n) is 3.55. The molecular weight excluding hydrogens is 251 g/mol. The highest BCUT2D eigenvalue weighted by atomic mass is 19.1. The van der Waals surface area contributed by atoms with E-state index in [9.17, 15) is 4.39 Å². The topological polar surface area (TPSA) is 15.3 Å². The Morgan fingerprint density at radius 1 is 1.20 bits per heavy atom. The molecule has 0 bridgehead atoms. The average Bonchev–Trinajstić information content (AvgIpc) is 2.30. The normalized spacial score (nSPS) is 14.1. The van der Waals surface area contributed by atoms with Crippen LogP contribution in [0.15, 0.2) is 24.3 Å². The van der Waals surface area contributed by atoms with E-state index < -0.39 is 0 Å². The van der Waals surface area contributed by atoms with E-state index in [1.54, 1.807) is 6.07 Å². The molecular formula is C17H29FN2. The van der Waals surface area contributed by atoms with E-state index in [1.807, 2.05) is 12.1 Å². The summed E-state index contributed by atoms with van der Waals surface area (Å²) in [5.74, 6) is 0.396. The summed E-state index contributed by atoms with van der Waals surface area (Å²) < 4.78 is 13.7. The minimum atomic E-state index is -0.120. The zero-order valence-electron chi connectivity index (χ0n) is 13.7. The van der Waals surface area contributed by atoms with Crippen molar-refractivity contribution >= 4 is 0 Å². The van der Waals surface area contributed by atoms with Crippen LogP contribution in [0.25, 0.3) is 0 Å². The summed E-state index contributed by atoms with van der Waals surface area (Å²) in [6.45, 7) is 12.5. The monoisotopic (exact) mass is 280 g/mol. The Morgan fingerprint density at radius 2 is 1.80 bits per heavy atom. The second kappa shape index (κ2) is 7.19. The minimum absolute atomic E-state index is 0.103. The van der Waals surface area contributed by atoms with Crippen LogP contribution >= 0.6 is 0 Å². The molecule has 1 atom stereocenters. The summed E-state index contributed by atoms with van der Waals surface area (Å²) in [7, 11) is 2.07. The van der Waals surface area contributed by atoms with Crippen molar-refractivity contribution in [3.8, 4) is 0 Å². The van der Waals surface area contributed by atoms with Crippen LogP contribution in [0.3, 0.4) is 0 Å². The molecule has 0 aromatic heterocycles. The van der Waals surface area contributed by atoms with Gasteiger partial charge in [-0.05, 0) is 39.8 Å². The Morgan fingerprint density at radius 3 is 2.30 bits per heavy atom. The van der Waals surface area contributed by atoms with E-state index in [4.69, 9.17) is 0 Å². The van der Waals surface area contributed by atoms with Crippen molar-refractivity contribution in [3.05, 3.63) is 35.6 Å². The van der Waals surface area contributed by atoms with Crippen LogP contribution in [0.4, 0.5) is 4.39 Å². The standard InChI is InChI=1S/C17H29FN2/c1-13(2)16(11-19-17(3,4)5)20(6)12-14-9-7-8-10-15(14)18/h7-10,13,16,19H,11-12H2,1-6H3. The van der Waals surface area contributed by atoms with Crippen LogP contribution in [0.2, 0.25) is 0 Å². The number of nitrogens with one attached hydrogen (secondary N) is 1. The van der Waals surface area contributed by atoms with Crippen molar-refractivity contribution in [1.29, 1.82) is 0 Å². The first-order valence-corrected chi connectivity index (χ1v) is 7.39. The number of halogens is 1. The number of likely N-dealkylation sites (N-methyl/N-ethyl adjacent to an activating group) is 1. The molecule has 1 rings (SSSR count). The Balaban J connectivity index is 2.69. The lowest BCUT2D eigenvalue weighted by atomic mass is 10.00. The van der Waals surface area contributed by atoms with Gasteiger partial charge in [0.15, 0.2) is 0 Å². The lowest BCUT2D eigenvalue weighted by Gasteiger charge is -2.34. The van der Waals surface area contributed by atoms with E-state index in [2.05, 4.69) is 51.9 Å². The molecule has 0 heterocycles. The van der Waals surface area contributed by atoms with Gasteiger partial charge >= 0.3 is 0 Å². The van der Waals surface area contributed by atoms with Gasteiger partial charge in [-0.25, -0.2) is 4.39 Å². The van der Waals surface area contributed by atoms with E-state index in [-0.39, 0.29) is 11.4 Å². The highest BCUT2D eigenvalue weighted by Crippen LogP contribution is 2.15. The molecule has 1 aromatic carbocycles. The lowest BCUT2D eigenvalue weighted by Crippen LogP contribution is -2.48. The fraction of sp³-hybridized carbons (Fsp3) is 0.647. The zero-order valence-corrected chi connectivity index (χ0v) is 13.7. The average molecular weight is 280 g/mol. The van der Waals surface area contributed by atoms with Gasteiger partial charge in [-0.2, -0.15) is 0 Å². The summed E-state index contributed by atoms with van der Waals surface area (Å²) in [4.78, 5) is 2.24. The molecule has 0 radical (unpaired) electrons. The summed E-state index contributed by atoms with van der Waals surface area (Å²) in [6.07, 6.45) is 0. The van der Waals surface area contributed by atoms with Crippen molar-refractivity contribution in [2.45, 2.75) is 52.7 Å². The number of hydrogen-bond acceptors (Lipinski definition) is 2. The van der Waals surface area contributed by atoms with Gasteiger partial charge in [0.1, 0.15) is 5.82 Å². The molecule has 0 amide bonds. The molecule has 0 aliphatic heterocycles. The third-order valence-corrected chi connectivity index (χ3v) is 3.55. The molecule has 0 saturated carbocycles. The van der Waals surface area contributed by atoms with Crippen LogP contribution in [0.1, 0.15) is 40.2 Å². The first-order valence-electron chi connectivity index (χ1n) is 7.39. The van der Waals surface area contributed by atoms with Crippen molar-refractivity contribution in [3.63, 3.8) is 0 Å². The predicted molar refractivity (Wildman–Crippen MR) is 84.2 cm³/mol. The van der Waals surface area contributed by atoms with E-state index in [0.717, 1.165) is 12.1 Å². The van der Waals surface area contributed by atoms with Crippen molar-refractivity contribution < 1.29 is 4.39 Å². The molecule has 1 unspecified atom stereocenters. The van der Waals surface area contributed by atoms with Gasteiger partial charge in [-0.3, -0.25) is 4.90 Å². The van der Waals surface area contributed by atoms with Crippen LogP contribution < -0.4 is 5.32 Å². The number of benzene rings is 1.